The fourth-order valence-electron chi connectivity index (χ4n) is 1.23. The van der Waals surface area contributed by atoms with Gasteiger partial charge in [-0.15, -0.1) is 0 Å². The molecule has 0 heterocycles. The highest BCUT2D eigenvalue weighted by atomic mass is 127. The van der Waals surface area contributed by atoms with Crippen LogP contribution < -0.4 is 10.6 Å². The molecule has 1 amide bonds. The summed E-state index contributed by atoms with van der Waals surface area (Å²) in [7, 11) is 0. The number of amides is 1. The van der Waals surface area contributed by atoms with E-state index in [0.29, 0.717) is 10.7 Å². The van der Waals surface area contributed by atoms with Crippen LogP contribution in [0.25, 0.3) is 0 Å². The number of hydrogen-bond acceptors (Lipinski definition) is 2. The van der Waals surface area contributed by atoms with Crippen LogP contribution in [0.3, 0.4) is 0 Å². The second kappa shape index (κ2) is 6.47. The fourth-order valence-corrected chi connectivity index (χ4v) is 2.14. The van der Waals surface area contributed by atoms with Crippen LogP contribution in [0.4, 0.5) is 0 Å². The van der Waals surface area contributed by atoms with Crippen molar-refractivity contribution in [2.24, 2.45) is 0 Å². The van der Waals surface area contributed by atoms with Crippen molar-refractivity contribution in [3.8, 4) is 0 Å². The molecule has 5 heteroatoms. The number of nitrogens with one attached hydrogen (secondary N) is 2. The summed E-state index contributed by atoms with van der Waals surface area (Å²) in [5.74, 6) is -0.182. The maximum absolute atomic E-state index is 11.9. The Hall–Kier alpha value is -0.690. The van der Waals surface area contributed by atoms with Crippen molar-refractivity contribution in [2.45, 2.75) is 32.7 Å². The first-order valence-corrected chi connectivity index (χ1v) is 7.22. The van der Waals surface area contributed by atoms with Gasteiger partial charge in [-0.2, -0.15) is 0 Å². The van der Waals surface area contributed by atoms with E-state index in [2.05, 4.69) is 40.1 Å². The SMILES string of the molecule is CCC(C)(C)NC(=S)NC(=O)c1cccc(I)c1. The van der Waals surface area contributed by atoms with E-state index in [1.54, 1.807) is 6.07 Å². The molecule has 0 saturated heterocycles. The van der Waals surface area contributed by atoms with Gasteiger partial charge in [-0.1, -0.05) is 13.0 Å². The van der Waals surface area contributed by atoms with Crippen molar-refractivity contribution in [3.63, 3.8) is 0 Å². The summed E-state index contributed by atoms with van der Waals surface area (Å²) >= 11 is 7.30. The fraction of sp³-hybridized carbons (Fsp3) is 0.385. The zero-order chi connectivity index (χ0) is 13.8. The minimum atomic E-state index is -0.182. The number of carbonyl (C=O) groups excluding carboxylic acids is 1. The zero-order valence-corrected chi connectivity index (χ0v) is 13.7. The smallest absolute Gasteiger partial charge is 0.257 e. The summed E-state index contributed by atoms with van der Waals surface area (Å²) in [5.41, 5.74) is 0.496. The first kappa shape index (κ1) is 15.4. The van der Waals surface area contributed by atoms with Crippen molar-refractivity contribution in [3.05, 3.63) is 33.4 Å². The first-order chi connectivity index (χ1) is 8.34. The third kappa shape index (κ3) is 4.89. The minimum Gasteiger partial charge on any atom is -0.358 e. The number of thiocarbonyl (C=S) groups is 1. The predicted octanol–water partition coefficient (Wildman–Crippen LogP) is 3.08. The van der Waals surface area contributed by atoms with Gasteiger partial charge in [0.2, 0.25) is 0 Å². The van der Waals surface area contributed by atoms with E-state index < -0.39 is 0 Å². The Bertz CT molecular complexity index is 460. The molecule has 1 aromatic carbocycles. The van der Waals surface area contributed by atoms with Crippen molar-refractivity contribution in [2.75, 3.05) is 0 Å². The van der Waals surface area contributed by atoms with Crippen LogP contribution in [0.15, 0.2) is 24.3 Å². The summed E-state index contributed by atoms with van der Waals surface area (Å²) in [4.78, 5) is 11.9. The molecule has 0 atom stereocenters. The Balaban J connectivity index is 2.63. The summed E-state index contributed by atoms with van der Waals surface area (Å²) in [6.07, 6.45) is 0.923. The highest BCUT2D eigenvalue weighted by Crippen LogP contribution is 2.08. The molecule has 1 rings (SSSR count). The van der Waals surface area contributed by atoms with Crippen molar-refractivity contribution in [1.82, 2.24) is 10.6 Å². The molecule has 0 fully saturated rings. The molecule has 0 saturated carbocycles. The van der Waals surface area contributed by atoms with Crippen LogP contribution in [0, 0.1) is 3.57 Å². The molecular weight excluding hydrogens is 359 g/mol. The van der Waals surface area contributed by atoms with E-state index in [9.17, 15) is 4.79 Å². The van der Waals surface area contributed by atoms with Gasteiger partial charge in [0.25, 0.3) is 5.91 Å². The van der Waals surface area contributed by atoms with Crippen LogP contribution >= 0.6 is 34.8 Å². The van der Waals surface area contributed by atoms with Gasteiger partial charge in [-0.3, -0.25) is 10.1 Å². The van der Waals surface area contributed by atoms with Crippen LogP contribution in [0.2, 0.25) is 0 Å². The third-order valence-corrected chi connectivity index (χ3v) is 3.52. The second-order valence-electron chi connectivity index (χ2n) is 4.66. The van der Waals surface area contributed by atoms with Gasteiger partial charge < -0.3 is 5.32 Å². The number of carbonyl (C=O) groups is 1. The van der Waals surface area contributed by atoms with Gasteiger partial charge in [0.05, 0.1) is 0 Å². The number of benzene rings is 1. The Morgan fingerprint density at radius 1 is 1.44 bits per heavy atom. The molecule has 1 aromatic rings. The van der Waals surface area contributed by atoms with Gasteiger partial charge in [0.1, 0.15) is 0 Å². The normalized spacial score (nSPS) is 10.9. The monoisotopic (exact) mass is 376 g/mol. The van der Waals surface area contributed by atoms with E-state index in [4.69, 9.17) is 12.2 Å². The average Bonchev–Trinajstić information content (AvgIpc) is 2.28. The Morgan fingerprint density at radius 2 is 2.11 bits per heavy atom. The predicted molar refractivity (Wildman–Crippen MR) is 86.7 cm³/mol. The zero-order valence-electron chi connectivity index (χ0n) is 10.7. The van der Waals surface area contributed by atoms with Gasteiger partial charge in [0.15, 0.2) is 5.11 Å². The first-order valence-electron chi connectivity index (χ1n) is 5.73. The molecule has 0 aliphatic heterocycles. The summed E-state index contributed by atoms with van der Waals surface area (Å²) in [6.45, 7) is 6.14. The lowest BCUT2D eigenvalue weighted by atomic mass is 10.0. The van der Waals surface area contributed by atoms with E-state index in [-0.39, 0.29) is 11.4 Å². The maximum atomic E-state index is 11.9. The lowest BCUT2D eigenvalue weighted by Gasteiger charge is -2.26. The molecule has 0 spiro atoms. The van der Waals surface area contributed by atoms with Crippen molar-refractivity contribution in [1.29, 1.82) is 0 Å². The van der Waals surface area contributed by atoms with E-state index in [1.165, 1.54) is 0 Å². The molecular formula is C13H17IN2OS. The van der Waals surface area contributed by atoms with Gasteiger partial charge >= 0.3 is 0 Å². The topological polar surface area (TPSA) is 41.1 Å². The summed E-state index contributed by atoms with van der Waals surface area (Å²) < 4.78 is 1.02. The molecule has 3 nitrogen and oxygen atoms in total. The average molecular weight is 376 g/mol. The maximum Gasteiger partial charge on any atom is 0.257 e. The Morgan fingerprint density at radius 3 is 2.67 bits per heavy atom. The molecule has 0 aromatic heterocycles. The highest BCUT2D eigenvalue weighted by molar-refractivity contribution is 14.1. The molecule has 18 heavy (non-hydrogen) atoms. The number of rotatable bonds is 3. The molecule has 0 bridgehead atoms. The molecule has 0 aliphatic carbocycles. The molecule has 98 valence electrons. The minimum absolute atomic E-state index is 0.116. The highest BCUT2D eigenvalue weighted by Gasteiger charge is 2.17. The Labute approximate surface area is 127 Å². The standard InChI is InChI=1S/C13H17IN2OS/c1-4-13(2,3)16-12(18)15-11(17)9-6-5-7-10(14)8-9/h5-8H,4H2,1-3H3,(H2,15,16,17,18). The largest absolute Gasteiger partial charge is 0.358 e. The van der Waals surface area contributed by atoms with Crippen LogP contribution in [0.1, 0.15) is 37.6 Å². The van der Waals surface area contributed by atoms with Crippen molar-refractivity contribution >= 4 is 45.8 Å². The quantitative estimate of drug-likeness (QED) is 0.629. The van der Waals surface area contributed by atoms with E-state index >= 15 is 0 Å². The number of halogens is 1. The molecule has 0 radical (unpaired) electrons. The lowest BCUT2D eigenvalue weighted by molar-refractivity contribution is 0.0976. The Kier molecular flexibility index (Phi) is 5.52. The molecule has 0 unspecified atom stereocenters. The van der Waals surface area contributed by atoms with Crippen LogP contribution in [-0.2, 0) is 0 Å². The molecule has 2 N–H and O–H groups in total. The molecule has 0 aliphatic rings. The third-order valence-electron chi connectivity index (χ3n) is 2.65. The van der Waals surface area contributed by atoms with Crippen molar-refractivity contribution < 1.29 is 4.79 Å². The van der Waals surface area contributed by atoms with Crippen LogP contribution in [-0.4, -0.2) is 16.6 Å². The number of hydrogen-bond donors (Lipinski definition) is 2. The van der Waals surface area contributed by atoms with Gasteiger partial charge in [0, 0.05) is 14.7 Å². The van der Waals surface area contributed by atoms with E-state index in [1.807, 2.05) is 32.0 Å². The lowest BCUT2D eigenvalue weighted by Crippen LogP contribution is -2.49. The van der Waals surface area contributed by atoms with Gasteiger partial charge in [-0.25, -0.2) is 0 Å². The van der Waals surface area contributed by atoms with Crippen LogP contribution in [0.5, 0.6) is 0 Å². The second-order valence-corrected chi connectivity index (χ2v) is 6.31. The van der Waals surface area contributed by atoms with Gasteiger partial charge in [-0.05, 0) is 73.3 Å². The summed E-state index contributed by atoms with van der Waals surface area (Å²) in [6, 6.07) is 7.38. The van der Waals surface area contributed by atoms with E-state index in [0.717, 1.165) is 9.99 Å². The summed E-state index contributed by atoms with van der Waals surface area (Å²) in [5, 5.41) is 6.18.